The Morgan fingerprint density at radius 2 is 1.70 bits per heavy atom. The predicted molar refractivity (Wildman–Crippen MR) is 110 cm³/mol. The summed E-state index contributed by atoms with van der Waals surface area (Å²) < 4.78 is 0. The Hall–Kier alpha value is -3.50. The maximum Gasteiger partial charge on any atom is 0.261 e. The van der Waals surface area contributed by atoms with Crippen molar-refractivity contribution in [2.24, 2.45) is 0 Å². The highest BCUT2D eigenvalue weighted by molar-refractivity contribution is 6.21. The molecule has 0 saturated carbocycles. The van der Waals surface area contributed by atoms with Crippen LogP contribution in [0.5, 0.6) is 0 Å². The first kappa shape index (κ1) is 19.8. The molecule has 30 heavy (non-hydrogen) atoms. The third kappa shape index (κ3) is 3.70. The molecular formula is C23H22N4O3. The van der Waals surface area contributed by atoms with Crippen molar-refractivity contribution in [3.63, 3.8) is 0 Å². The summed E-state index contributed by atoms with van der Waals surface area (Å²) in [5, 5.41) is 8.92. The number of imide groups is 1. The number of fused-ring (bicyclic) bond motifs is 1. The van der Waals surface area contributed by atoms with Crippen LogP contribution in [0.4, 0.5) is 0 Å². The minimum atomic E-state index is -0.367. The fraction of sp³-hybridized carbons (Fsp3) is 0.304. The van der Waals surface area contributed by atoms with Crippen LogP contribution in [0.3, 0.4) is 0 Å². The van der Waals surface area contributed by atoms with Gasteiger partial charge in [-0.25, -0.2) is 0 Å². The molecular weight excluding hydrogens is 380 g/mol. The average Bonchev–Trinajstić information content (AvgIpc) is 2.94. The summed E-state index contributed by atoms with van der Waals surface area (Å²) in [6.45, 7) is 3.64. The van der Waals surface area contributed by atoms with Crippen molar-refractivity contribution in [3.05, 3.63) is 70.3 Å². The van der Waals surface area contributed by atoms with E-state index in [1.807, 2.05) is 29.2 Å². The Morgan fingerprint density at radius 3 is 2.43 bits per heavy atom. The number of carbonyl (C=O) groups excluding carboxylic acids is 3. The number of hydrogen-bond acceptors (Lipinski definition) is 5. The van der Waals surface area contributed by atoms with E-state index in [1.165, 1.54) is 7.05 Å². The molecule has 0 bridgehead atoms. The fourth-order valence-corrected chi connectivity index (χ4v) is 3.95. The summed E-state index contributed by atoms with van der Waals surface area (Å²) in [7, 11) is 1.45. The first-order chi connectivity index (χ1) is 14.5. The largest absolute Gasteiger partial charge is 0.337 e. The fourth-order valence-electron chi connectivity index (χ4n) is 3.95. The van der Waals surface area contributed by atoms with Gasteiger partial charge in [-0.15, -0.1) is 0 Å². The van der Waals surface area contributed by atoms with Gasteiger partial charge in [0.25, 0.3) is 17.7 Å². The minimum Gasteiger partial charge on any atom is -0.337 e. The molecule has 0 aromatic heterocycles. The molecule has 2 aromatic carbocycles. The summed E-state index contributed by atoms with van der Waals surface area (Å²) in [5.41, 5.74) is 2.87. The van der Waals surface area contributed by atoms with Crippen molar-refractivity contribution in [2.75, 3.05) is 33.2 Å². The molecule has 7 heteroatoms. The smallest absolute Gasteiger partial charge is 0.261 e. The molecule has 0 atom stereocenters. The van der Waals surface area contributed by atoms with Crippen molar-refractivity contribution in [1.29, 1.82) is 5.26 Å². The summed E-state index contributed by atoms with van der Waals surface area (Å²) in [6.07, 6.45) is 0.854. The molecule has 1 saturated heterocycles. The van der Waals surface area contributed by atoms with E-state index < -0.39 is 0 Å². The Balaban J connectivity index is 1.42. The molecule has 2 aliphatic rings. The molecule has 0 N–H and O–H groups in total. The van der Waals surface area contributed by atoms with Gasteiger partial charge in [-0.1, -0.05) is 12.1 Å². The zero-order valence-corrected chi connectivity index (χ0v) is 16.8. The van der Waals surface area contributed by atoms with E-state index in [9.17, 15) is 14.4 Å². The quantitative estimate of drug-likeness (QED) is 0.735. The Kier molecular flexibility index (Phi) is 5.34. The normalized spacial score (nSPS) is 16.9. The molecule has 3 amide bonds. The summed E-state index contributed by atoms with van der Waals surface area (Å²) in [5.74, 6) is -0.816. The molecule has 2 heterocycles. The number of benzene rings is 2. The number of carbonyl (C=O) groups is 3. The van der Waals surface area contributed by atoms with Crippen LogP contribution in [-0.4, -0.2) is 65.6 Å². The monoisotopic (exact) mass is 402 g/mol. The van der Waals surface area contributed by atoms with Crippen LogP contribution in [0.2, 0.25) is 0 Å². The van der Waals surface area contributed by atoms with E-state index in [1.54, 1.807) is 18.2 Å². The predicted octanol–water partition coefficient (Wildman–Crippen LogP) is 2.13. The van der Waals surface area contributed by atoms with Gasteiger partial charge in [0.05, 0.1) is 22.8 Å². The average molecular weight is 402 g/mol. The molecule has 0 radical (unpaired) electrons. The van der Waals surface area contributed by atoms with Gasteiger partial charge in [-0.3, -0.25) is 24.2 Å². The maximum atomic E-state index is 13.0. The lowest BCUT2D eigenvalue weighted by molar-refractivity contribution is 0.0692. The summed E-state index contributed by atoms with van der Waals surface area (Å²) >= 11 is 0. The van der Waals surface area contributed by atoms with E-state index in [-0.39, 0.29) is 17.7 Å². The lowest BCUT2D eigenvalue weighted by Gasteiger charge is -2.22. The number of hydrogen-bond donors (Lipinski definition) is 0. The molecule has 1 fully saturated rings. The van der Waals surface area contributed by atoms with Gasteiger partial charge in [0.15, 0.2) is 0 Å². The van der Waals surface area contributed by atoms with Crippen molar-refractivity contribution in [3.8, 4) is 6.07 Å². The Bertz CT molecular complexity index is 1060. The highest BCUT2D eigenvalue weighted by atomic mass is 16.2. The highest BCUT2D eigenvalue weighted by Gasteiger charge is 2.33. The van der Waals surface area contributed by atoms with Crippen LogP contribution < -0.4 is 0 Å². The first-order valence-electron chi connectivity index (χ1n) is 9.95. The van der Waals surface area contributed by atoms with Crippen molar-refractivity contribution in [2.45, 2.75) is 13.0 Å². The summed E-state index contributed by atoms with van der Waals surface area (Å²) in [4.78, 5) is 42.5. The van der Waals surface area contributed by atoms with Crippen molar-refractivity contribution in [1.82, 2.24) is 14.7 Å². The topological polar surface area (TPSA) is 84.7 Å². The molecule has 7 nitrogen and oxygen atoms in total. The molecule has 2 aliphatic heterocycles. The van der Waals surface area contributed by atoms with Gasteiger partial charge < -0.3 is 4.90 Å². The van der Waals surface area contributed by atoms with Crippen LogP contribution in [0, 0.1) is 11.3 Å². The van der Waals surface area contributed by atoms with E-state index in [0.29, 0.717) is 35.3 Å². The van der Waals surface area contributed by atoms with E-state index >= 15 is 0 Å². The van der Waals surface area contributed by atoms with Gasteiger partial charge in [-0.2, -0.15) is 5.26 Å². The lowest BCUT2D eigenvalue weighted by Crippen LogP contribution is -2.35. The second-order valence-electron chi connectivity index (χ2n) is 7.66. The van der Waals surface area contributed by atoms with E-state index in [4.69, 9.17) is 5.26 Å². The zero-order chi connectivity index (χ0) is 21.3. The second kappa shape index (κ2) is 8.09. The Labute approximate surface area is 175 Å². The van der Waals surface area contributed by atoms with Crippen LogP contribution in [-0.2, 0) is 6.54 Å². The highest BCUT2D eigenvalue weighted by Crippen LogP contribution is 2.23. The van der Waals surface area contributed by atoms with Crippen LogP contribution in [0.1, 0.15) is 48.6 Å². The first-order valence-corrected chi connectivity index (χ1v) is 9.95. The van der Waals surface area contributed by atoms with Gasteiger partial charge in [0.2, 0.25) is 0 Å². The van der Waals surface area contributed by atoms with Crippen molar-refractivity contribution >= 4 is 17.7 Å². The van der Waals surface area contributed by atoms with E-state index in [2.05, 4.69) is 11.0 Å². The van der Waals surface area contributed by atoms with Crippen LogP contribution in [0.25, 0.3) is 0 Å². The molecule has 152 valence electrons. The molecule has 4 rings (SSSR count). The maximum absolute atomic E-state index is 13.0. The lowest BCUT2D eigenvalue weighted by atomic mass is 10.0. The van der Waals surface area contributed by atoms with Gasteiger partial charge in [0.1, 0.15) is 0 Å². The molecule has 0 aliphatic carbocycles. The third-order valence-corrected chi connectivity index (χ3v) is 5.70. The minimum absolute atomic E-state index is 0.118. The number of nitrogens with zero attached hydrogens (tertiary/aromatic N) is 4. The zero-order valence-electron chi connectivity index (χ0n) is 16.8. The van der Waals surface area contributed by atoms with Crippen LogP contribution in [0.15, 0.2) is 42.5 Å². The van der Waals surface area contributed by atoms with Gasteiger partial charge >= 0.3 is 0 Å². The Morgan fingerprint density at radius 1 is 0.967 bits per heavy atom. The molecule has 0 spiro atoms. The SMILES string of the molecule is CN1C(=O)c2ccc(C(=O)N3CCCN(Cc4ccc(C#N)cc4)CC3)cc2C1=O. The number of amides is 3. The standard InChI is InChI=1S/C23H22N4O3/c1-25-22(29)19-8-7-18(13-20(19)23(25)30)21(28)27-10-2-9-26(11-12-27)15-17-5-3-16(14-24)4-6-17/h3-8,13H,2,9-12,15H2,1H3. The third-order valence-electron chi connectivity index (χ3n) is 5.70. The molecule has 0 unspecified atom stereocenters. The van der Waals surface area contributed by atoms with Gasteiger partial charge in [-0.05, 0) is 42.3 Å². The number of nitriles is 1. The van der Waals surface area contributed by atoms with Gasteiger partial charge in [0, 0.05) is 45.3 Å². The number of rotatable bonds is 3. The van der Waals surface area contributed by atoms with E-state index in [0.717, 1.165) is 36.5 Å². The van der Waals surface area contributed by atoms with Crippen molar-refractivity contribution < 1.29 is 14.4 Å². The summed E-state index contributed by atoms with van der Waals surface area (Å²) in [6, 6.07) is 14.4. The van der Waals surface area contributed by atoms with Crippen LogP contribution >= 0.6 is 0 Å². The second-order valence-corrected chi connectivity index (χ2v) is 7.66. The molecule has 2 aromatic rings.